The first kappa shape index (κ1) is 17.2. The summed E-state index contributed by atoms with van der Waals surface area (Å²) >= 11 is 6.27. The van der Waals surface area contributed by atoms with Gasteiger partial charge in [-0.05, 0) is 38.1 Å². The molecule has 0 saturated carbocycles. The molecule has 128 valence electrons. The zero-order chi connectivity index (χ0) is 18.0. The molecule has 1 heterocycles. The molecule has 0 aliphatic rings. The van der Waals surface area contributed by atoms with Crippen molar-refractivity contribution in [2.75, 3.05) is 0 Å². The maximum atomic E-state index is 12.5. The van der Waals surface area contributed by atoms with Crippen LogP contribution in [0, 0.1) is 0 Å². The highest BCUT2D eigenvalue weighted by atomic mass is 35.5. The van der Waals surface area contributed by atoms with Crippen LogP contribution in [-0.2, 0) is 12.6 Å². The molecule has 25 heavy (non-hydrogen) atoms. The van der Waals surface area contributed by atoms with E-state index < -0.39 is 5.54 Å². The summed E-state index contributed by atoms with van der Waals surface area (Å²) < 4.78 is 1.85. The lowest BCUT2D eigenvalue weighted by molar-refractivity contribution is 0.0907. The van der Waals surface area contributed by atoms with E-state index in [9.17, 15) is 4.79 Å². The van der Waals surface area contributed by atoms with Crippen molar-refractivity contribution >= 4 is 17.5 Å². The molecule has 3 aromatic rings. The van der Waals surface area contributed by atoms with Crippen LogP contribution in [0.2, 0.25) is 5.02 Å². The Morgan fingerprint density at radius 3 is 2.36 bits per heavy atom. The van der Waals surface area contributed by atoms with Gasteiger partial charge in [-0.3, -0.25) is 4.79 Å². The molecule has 6 heteroatoms. The van der Waals surface area contributed by atoms with E-state index in [1.807, 2.05) is 67.9 Å². The number of nitrogens with one attached hydrogen (secondary N) is 1. The summed E-state index contributed by atoms with van der Waals surface area (Å²) in [6, 6.07) is 16.6. The maximum Gasteiger partial charge on any atom is 0.252 e. The van der Waals surface area contributed by atoms with Gasteiger partial charge in [0.1, 0.15) is 0 Å². The summed E-state index contributed by atoms with van der Waals surface area (Å²) in [4.78, 5) is 12.5. The SMILES string of the molecule is Cn1c(-c2ccccc2Cl)nnc1C(C)(C)NC(=O)c1ccccc1. The van der Waals surface area contributed by atoms with E-state index in [2.05, 4.69) is 15.5 Å². The molecule has 0 fully saturated rings. The van der Waals surface area contributed by atoms with Crippen molar-refractivity contribution in [3.8, 4) is 11.4 Å². The highest BCUT2D eigenvalue weighted by Gasteiger charge is 2.30. The maximum absolute atomic E-state index is 12.5. The summed E-state index contributed by atoms with van der Waals surface area (Å²) in [5.74, 6) is 1.14. The predicted octanol–water partition coefficient (Wildman–Crippen LogP) is 3.80. The van der Waals surface area contributed by atoms with Crippen molar-refractivity contribution < 1.29 is 4.79 Å². The van der Waals surface area contributed by atoms with Gasteiger partial charge in [0.25, 0.3) is 5.91 Å². The van der Waals surface area contributed by atoms with Crippen LogP contribution in [0.1, 0.15) is 30.0 Å². The average Bonchev–Trinajstić information content (AvgIpc) is 2.98. The Kier molecular flexibility index (Phi) is 4.59. The zero-order valence-electron chi connectivity index (χ0n) is 14.3. The normalized spacial score (nSPS) is 11.4. The van der Waals surface area contributed by atoms with Gasteiger partial charge in [-0.2, -0.15) is 0 Å². The van der Waals surface area contributed by atoms with Crippen molar-refractivity contribution in [2.24, 2.45) is 7.05 Å². The molecule has 0 aliphatic carbocycles. The number of aromatic nitrogens is 3. The third-order valence-electron chi connectivity index (χ3n) is 4.01. The number of amides is 1. The Balaban J connectivity index is 1.91. The third kappa shape index (κ3) is 3.42. The quantitative estimate of drug-likeness (QED) is 0.775. The first-order valence-electron chi connectivity index (χ1n) is 7.92. The molecule has 0 bridgehead atoms. The first-order valence-corrected chi connectivity index (χ1v) is 8.30. The standard InChI is InChI=1S/C19H19ClN4O/c1-19(2,21-17(25)13-9-5-4-6-10-13)18-23-22-16(24(18)3)14-11-7-8-12-15(14)20/h4-12H,1-3H3,(H,21,25). The minimum atomic E-state index is -0.700. The number of carbonyl (C=O) groups excluding carboxylic acids is 1. The van der Waals surface area contributed by atoms with E-state index in [1.54, 1.807) is 12.1 Å². The van der Waals surface area contributed by atoms with Crippen molar-refractivity contribution in [3.05, 3.63) is 71.0 Å². The second-order valence-corrected chi connectivity index (χ2v) is 6.74. The molecule has 0 saturated heterocycles. The number of carbonyl (C=O) groups is 1. The van der Waals surface area contributed by atoms with E-state index in [4.69, 9.17) is 11.6 Å². The second kappa shape index (κ2) is 6.69. The van der Waals surface area contributed by atoms with Crippen LogP contribution in [0.15, 0.2) is 54.6 Å². The minimum absolute atomic E-state index is 0.159. The Bertz CT molecular complexity index is 903. The van der Waals surface area contributed by atoms with Crippen LogP contribution >= 0.6 is 11.6 Å². The van der Waals surface area contributed by atoms with E-state index >= 15 is 0 Å². The number of hydrogen-bond donors (Lipinski definition) is 1. The summed E-state index contributed by atoms with van der Waals surface area (Å²) in [6.45, 7) is 3.79. The Hall–Kier alpha value is -2.66. The lowest BCUT2D eigenvalue weighted by Crippen LogP contribution is -2.42. The summed E-state index contributed by atoms with van der Waals surface area (Å²) in [5, 5.41) is 12.2. The Morgan fingerprint density at radius 1 is 1.04 bits per heavy atom. The van der Waals surface area contributed by atoms with Gasteiger partial charge in [0.15, 0.2) is 11.6 Å². The molecule has 5 nitrogen and oxygen atoms in total. The van der Waals surface area contributed by atoms with E-state index in [1.165, 1.54) is 0 Å². The highest BCUT2D eigenvalue weighted by Crippen LogP contribution is 2.28. The summed E-state index contributed by atoms with van der Waals surface area (Å²) in [7, 11) is 1.87. The molecule has 1 amide bonds. The van der Waals surface area contributed by atoms with Gasteiger partial charge < -0.3 is 9.88 Å². The van der Waals surface area contributed by atoms with Crippen LogP contribution < -0.4 is 5.32 Å². The molecule has 0 atom stereocenters. The molecular formula is C19H19ClN4O. The topological polar surface area (TPSA) is 59.8 Å². The van der Waals surface area contributed by atoms with Crippen molar-refractivity contribution in [1.82, 2.24) is 20.1 Å². The molecule has 2 aromatic carbocycles. The lowest BCUT2D eigenvalue weighted by atomic mass is 10.0. The lowest BCUT2D eigenvalue weighted by Gasteiger charge is -2.25. The fourth-order valence-electron chi connectivity index (χ4n) is 2.75. The van der Waals surface area contributed by atoms with Gasteiger partial charge in [0.05, 0.1) is 10.6 Å². The van der Waals surface area contributed by atoms with Gasteiger partial charge in [0.2, 0.25) is 0 Å². The van der Waals surface area contributed by atoms with Crippen molar-refractivity contribution in [2.45, 2.75) is 19.4 Å². The average molecular weight is 355 g/mol. The Labute approximate surface area is 151 Å². The highest BCUT2D eigenvalue weighted by molar-refractivity contribution is 6.33. The second-order valence-electron chi connectivity index (χ2n) is 6.33. The van der Waals surface area contributed by atoms with Gasteiger partial charge in [-0.25, -0.2) is 0 Å². The van der Waals surface area contributed by atoms with E-state index in [0.717, 1.165) is 5.56 Å². The Morgan fingerprint density at radius 2 is 1.68 bits per heavy atom. The third-order valence-corrected chi connectivity index (χ3v) is 4.34. The van der Waals surface area contributed by atoms with E-state index in [0.29, 0.717) is 22.2 Å². The van der Waals surface area contributed by atoms with Crippen molar-refractivity contribution in [3.63, 3.8) is 0 Å². The number of nitrogens with zero attached hydrogens (tertiary/aromatic N) is 3. The molecule has 3 rings (SSSR count). The molecule has 1 N–H and O–H groups in total. The molecule has 0 spiro atoms. The zero-order valence-corrected chi connectivity index (χ0v) is 15.1. The predicted molar refractivity (Wildman–Crippen MR) is 98.4 cm³/mol. The molecule has 0 unspecified atom stereocenters. The van der Waals surface area contributed by atoms with Crippen LogP contribution in [0.5, 0.6) is 0 Å². The number of benzene rings is 2. The number of rotatable bonds is 4. The monoisotopic (exact) mass is 354 g/mol. The fraction of sp³-hybridized carbons (Fsp3) is 0.211. The van der Waals surface area contributed by atoms with Gasteiger partial charge in [-0.1, -0.05) is 41.9 Å². The van der Waals surface area contributed by atoms with Gasteiger partial charge in [0, 0.05) is 18.2 Å². The molecule has 0 aliphatic heterocycles. The fourth-order valence-corrected chi connectivity index (χ4v) is 2.97. The molecule has 0 radical (unpaired) electrons. The van der Waals surface area contributed by atoms with Gasteiger partial charge >= 0.3 is 0 Å². The van der Waals surface area contributed by atoms with E-state index in [-0.39, 0.29) is 5.91 Å². The van der Waals surface area contributed by atoms with Crippen molar-refractivity contribution in [1.29, 1.82) is 0 Å². The largest absolute Gasteiger partial charge is 0.340 e. The smallest absolute Gasteiger partial charge is 0.252 e. The molecule has 1 aromatic heterocycles. The molecular weight excluding hydrogens is 336 g/mol. The van der Waals surface area contributed by atoms with Gasteiger partial charge in [-0.15, -0.1) is 10.2 Å². The van der Waals surface area contributed by atoms with Crippen LogP contribution in [-0.4, -0.2) is 20.7 Å². The number of hydrogen-bond acceptors (Lipinski definition) is 3. The van der Waals surface area contributed by atoms with Crippen LogP contribution in [0.25, 0.3) is 11.4 Å². The minimum Gasteiger partial charge on any atom is -0.340 e. The first-order chi connectivity index (χ1) is 11.9. The summed E-state index contributed by atoms with van der Waals surface area (Å²) in [6.07, 6.45) is 0. The number of halogens is 1. The van der Waals surface area contributed by atoms with Crippen LogP contribution in [0.4, 0.5) is 0 Å². The summed E-state index contributed by atoms with van der Waals surface area (Å²) in [5.41, 5.74) is 0.702. The van der Waals surface area contributed by atoms with Crippen LogP contribution in [0.3, 0.4) is 0 Å².